The van der Waals surface area contributed by atoms with Crippen LogP contribution in [0.25, 0.3) is 0 Å². The maximum absolute atomic E-state index is 11.3. The smallest absolute Gasteiger partial charge is 0.336 e. The minimum absolute atomic E-state index is 0.304. The number of hydrogen-bond acceptors (Lipinski definition) is 4. The molecule has 1 aliphatic heterocycles. The highest BCUT2D eigenvalue weighted by molar-refractivity contribution is 5.89. The third-order valence-electron chi connectivity index (χ3n) is 4.35. The van der Waals surface area contributed by atoms with Crippen molar-refractivity contribution in [3.63, 3.8) is 0 Å². The number of nitrogens with zero attached hydrogens (tertiary/aromatic N) is 3. The van der Waals surface area contributed by atoms with Gasteiger partial charge in [0.15, 0.2) is 0 Å². The van der Waals surface area contributed by atoms with Crippen molar-refractivity contribution in [3.05, 3.63) is 47.0 Å². The van der Waals surface area contributed by atoms with Gasteiger partial charge in [-0.1, -0.05) is 6.92 Å². The fraction of sp³-hybridized carbons (Fsp3) is 0.438. The fourth-order valence-electron chi connectivity index (χ4n) is 3.00. The molecule has 0 radical (unpaired) electrons. The van der Waals surface area contributed by atoms with E-state index in [1.165, 1.54) is 6.20 Å². The number of aryl methyl sites for hydroxylation is 1. The highest BCUT2D eigenvalue weighted by Gasteiger charge is 2.26. The van der Waals surface area contributed by atoms with Gasteiger partial charge in [-0.05, 0) is 36.6 Å². The van der Waals surface area contributed by atoms with Crippen LogP contribution in [0.5, 0.6) is 0 Å². The summed E-state index contributed by atoms with van der Waals surface area (Å²) in [5.74, 6) is -0.379. The predicted molar refractivity (Wildman–Crippen MR) is 82.0 cm³/mol. The van der Waals surface area contributed by atoms with Gasteiger partial charge in [0.25, 0.3) is 0 Å². The normalized spacial score (nSPS) is 21.2. The summed E-state index contributed by atoms with van der Waals surface area (Å²) in [5, 5.41) is 17.3. The molecule has 1 fully saturated rings. The van der Waals surface area contributed by atoms with E-state index in [-0.39, 0.29) is 0 Å². The Balaban J connectivity index is 1.87. The SMILES string of the molecule is Cc1nn([C@@H]2CNC[C@@H]2C)cc1Cc1cnccc1C(=O)O. The Morgan fingerprint density at radius 3 is 2.95 bits per heavy atom. The molecule has 0 aromatic carbocycles. The molecule has 6 heteroatoms. The topological polar surface area (TPSA) is 80.0 Å². The predicted octanol–water partition coefficient (Wildman–Crippen LogP) is 1.66. The summed E-state index contributed by atoms with van der Waals surface area (Å²) in [5.41, 5.74) is 3.02. The van der Waals surface area contributed by atoms with E-state index in [0.29, 0.717) is 23.9 Å². The molecule has 1 saturated heterocycles. The van der Waals surface area contributed by atoms with E-state index in [4.69, 9.17) is 0 Å². The van der Waals surface area contributed by atoms with Crippen LogP contribution in [0.4, 0.5) is 0 Å². The fourth-order valence-corrected chi connectivity index (χ4v) is 3.00. The number of carboxylic acids is 1. The lowest BCUT2D eigenvalue weighted by atomic mass is 10.0. The summed E-state index contributed by atoms with van der Waals surface area (Å²) >= 11 is 0. The van der Waals surface area contributed by atoms with E-state index < -0.39 is 5.97 Å². The quantitative estimate of drug-likeness (QED) is 0.897. The van der Waals surface area contributed by atoms with Crippen molar-refractivity contribution in [3.8, 4) is 0 Å². The Bertz CT molecular complexity index is 695. The van der Waals surface area contributed by atoms with E-state index in [1.54, 1.807) is 12.3 Å². The number of rotatable bonds is 4. The first kappa shape index (κ1) is 14.7. The molecule has 0 spiro atoms. The lowest BCUT2D eigenvalue weighted by molar-refractivity contribution is 0.0695. The van der Waals surface area contributed by atoms with E-state index in [2.05, 4.69) is 22.3 Å². The number of aromatic nitrogens is 3. The summed E-state index contributed by atoms with van der Waals surface area (Å²) < 4.78 is 2.02. The number of nitrogens with one attached hydrogen (secondary N) is 1. The minimum atomic E-state index is -0.920. The van der Waals surface area contributed by atoms with Crippen LogP contribution >= 0.6 is 0 Å². The lowest BCUT2D eigenvalue weighted by Crippen LogP contribution is -2.16. The number of carboxylic acid groups (broad SMARTS) is 1. The average Bonchev–Trinajstić information content (AvgIpc) is 3.06. The Labute approximate surface area is 129 Å². The monoisotopic (exact) mass is 300 g/mol. The third-order valence-corrected chi connectivity index (χ3v) is 4.35. The van der Waals surface area contributed by atoms with Gasteiger partial charge in [0.1, 0.15) is 0 Å². The van der Waals surface area contributed by atoms with E-state index >= 15 is 0 Å². The zero-order valence-corrected chi connectivity index (χ0v) is 12.8. The number of aromatic carboxylic acids is 1. The minimum Gasteiger partial charge on any atom is -0.478 e. The van der Waals surface area contributed by atoms with Crippen LogP contribution in [0.3, 0.4) is 0 Å². The van der Waals surface area contributed by atoms with Crippen molar-refractivity contribution in [2.24, 2.45) is 5.92 Å². The van der Waals surface area contributed by atoms with Gasteiger partial charge in [-0.15, -0.1) is 0 Å². The van der Waals surface area contributed by atoms with Gasteiger partial charge in [0, 0.05) is 31.6 Å². The van der Waals surface area contributed by atoms with Gasteiger partial charge in [-0.2, -0.15) is 5.10 Å². The maximum Gasteiger partial charge on any atom is 0.336 e. The van der Waals surface area contributed by atoms with Crippen molar-refractivity contribution in [1.29, 1.82) is 0 Å². The highest BCUT2D eigenvalue weighted by atomic mass is 16.4. The first-order valence-corrected chi connectivity index (χ1v) is 7.47. The van der Waals surface area contributed by atoms with Crippen LogP contribution in [0.1, 0.15) is 40.1 Å². The first-order chi connectivity index (χ1) is 10.6. The molecule has 3 heterocycles. The lowest BCUT2D eigenvalue weighted by Gasteiger charge is -2.14. The van der Waals surface area contributed by atoms with Gasteiger partial charge < -0.3 is 10.4 Å². The molecule has 116 valence electrons. The van der Waals surface area contributed by atoms with Crippen LogP contribution in [0, 0.1) is 12.8 Å². The van der Waals surface area contributed by atoms with Gasteiger partial charge in [0.05, 0.1) is 17.3 Å². The Morgan fingerprint density at radius 2 is 2.27 bits per heavy atom. The number of hydrogen-bond donors (Lipinski definition) is 2. The molecule has 0 bridgehead atoms. The molecule has 0 unspecified atom stereocenters. The van der Waals surface area contributed by atoms with Crippen LogP contribution in [0.15, 0.2) is 24.7 Å². The van der Waals surface area contributed by atoms with Crippen LogP contribution < -0.4 is 5.32 Å². The van der Waals surface area contributed by atoms with Crippen molar-refractivity contribution in [2.45, 2.75) is 26.3 Å². The molecule has 2 aromatic heterocycles. The van der Waals surface area contributed by atoms with Crippen LogP contribution in [-0.4, -0.2) is 38.9 Å². The molecule has 2 N–H and O–H groups in total. The van der Waals surface area contributed by atoms with E-state index in [9.17, 15) is 9.90 Å². The number of pyridine rings is 1. The largest absolute Gasteiger partial charge is 0.478 e. The second kappa shape index (κ2) is 5.88. The van der Waals surface area contributed by atoms with Gasteiger partial charge in [0.2, 0.25) is 0 Å². The second-order valence-electron chi connectivity index (χ2n) is 5.94. The van der Waals surface area contributed by atoms with Crippen LogP contribution in [0.2, 0.25) is 0 Å². The molecule has 3 rings (SSSR count). The molecular weight excluding hydrogens is 280 g/mol. The van der Waals surface area contributed by atoms with Crippen LogP contribution in [-0.2, 0) is 6.42 Å². The first-order valence-electron chi connectivity index (χ1n) is 7.47. The molecular formula is C16H20N4O2. The highest BCUT2D eigenvalue weighted by Crippen LogP contribution is 2.24. The molecule has 22 heavy (non-hydrogen) atoms. The van der Waals surface area contributed by atoms with E-state index in [1.807, 2.05) is 17.8 Å². The third kappa shape index (κ3) is 2.74. The van der Waals surface area contributed by atoms with E-state index in [0.717, 1.165) is 29.9 Å². The summed E-state index contributed by atoms with van der Waals surface area (Å²) in [6.45, 7) is 6.11. The Kier molecular flexibility index (Phi) is 3.94. The molecule has 0 amide bonds. The average molecular weight is 300 g/mol. The van der Waals surface area contributed by atoms with Crippen molar-refractivity contribution < 1.29 is 9.90 Å². The van der Waals surface area contributed by atoms with Gasteiger partial charge in [-0.25, -0.2) is 4.79 Å². The maximum atomic E-state index is 11.3. The zero-order valence-electron chi connectivity index (χ0n) is 12.8. The second-order valence-corrected chi connectivity index (χ2v) is 5.94. The molecule has 2 aromatic rings. The van der Waals surface area contributed by atoms with Gasteiger partial charge >= 0.3 is 5.97 Å². The molecule has 6 nitrogen and oxygen atoms in total. The van der Waals surface area contributed by atoms with Gasteiger partial charge in [-0.3, -0.25) is 9.67 Å². The van der Waals surface area contributed by atoms with Crippen molar-refractivity contribution in [1.82, 2.24) is 20.1 Å². The number of carbonyl (C=O) groups is 1. The summed E-state index contributed by atoms with van der Waals surface area (Å²) in [6.07, 6.45) is 5.72. The Hall–Kier alpha value is -2.21. The molecule has 2 atom stereocenters. The standard InChI is InChI=1S/C16H20N4O2/c1-10-6-18-8-15(10)20-9-13(11(2)19-20)5-12-7-17-4-3-14(12)16(21)22/h3-4,7,9-10,15,18H,5-6,8H2,1-2H3,(H,21,22)/t10-,15+/m0/s1. The summed E-state index contributed by atoms with van der Waals surface area (Å²) in [6, 6.07) is 1.90. The molecule has 1 aliphatic rings. The Morgan fingerprint density at radius 1 is 1.45 bits per heavy atom. The molecule has 0 aliphatic carbocycles. The van der Waals surface area contributed by atoms with Crippen molar-refractivity contribution >= 4 is 5.97 Å². The van der Waals surface area contributed by atoms with Crippen molar-refractivity contribution in [2.75, 3.05) is 13.1 Å². The summed E-state index contributed by atoms with van der Waals surface area (Å²) in [7, 11) is 0. The molecule has 0 saturated carbocycles. The summed E-state index contributed by atoms with van der Waals surface area (Å²) in [4.78, 5) is 15.3. The zero-order chi connectivity index (χ0) is 15.7.